The van der Waals surface area contributed by atoms with Gasteiger partial charge in [0.1, 0.15) is 0 Å². The quantitative estimate of drug-likeness (QED) is 0.490. The minimum atomic E-state index is -5.09. The molecule has 0 spiro atoms. The van der Waals surface area contributed by atoms with E-state index in [1.807, 2.05) is 36.9 Å². The minimum Gasteiger partial charge on any atom is -0.377 e. The number of nitrogens with zero attached hydrogens (tertiary/aromatic N) is 2. The maximum atomic E-state index is 13.4. The fourth-order valence-corrected chi connectivity index (χ4v) is 5.05. The van der Waals surface area contributed by atoms with E-state index in [0.717, 1.165) is 22.9 Å². The molecule has 3 rings (SSSR count). The van der Waals surface area contributed by atoms with Gasteiger partial charge in [-0.05, 0) is 55.2 Å². The number of alkyl halides is 6. The van der Waals surface area contributed by atoms with E-state index in [1.165, 1.54) is 4.90 Å². The predicted octanol–water partition coefficient (Wildman–Crippen LogP) is 4.46. The van der Waals surface area contributed by atoms with Gasteiger partial charge in [-0.2, -0.15) is 26.3 Å². The number of rotatable bonds is 7. The Morgan fingerprint density at radius 3 is 2.08 bits per heavy atom. The molecule has 0 saturated carbocycles. The zero-order valence-electron chi connectivity index (χ0n) is 21.6. The fourth-order valence-electron chi connectivity index (χ4n) is 4.52. The fraction of sp³-hybridized carbons (Fsp3) is 0.500. The van der Waals surface area contributed by atoms with Crippen LogP contribution in [0.3, 0.4) is 0 Å². The van der Waals surface area contributed by atoms with Crippen LogP contribution >= 0.6 is 0 Å². The van der Waals surface area contributed by atoms with Gasteiger partial charge in [-0.15, -0.1) is 0 Å². The van der Waals surface area contributed by atoms with Crippen molar-refractivity contribution in [3.8, 4) is 0 Å². The van der Waals surface area contributed by atoms with Crippen LogP contribution in [-0.2, 0) is 28.6 Å². The van der Waals surface area contributed by atoms with Crippen LogP contribution in [0, 0.1) is 13.8 Å². The van der Waals surface area contributed by atoms with Crippen LogP contribution in [0.4, 0.5) is 26.3 Å². The number of hydrogen-bond acceptors (Lipinski definition) is 5. The van der Waals surface area contributed by atoms with Crippen LogP contribution in [0.2, 0.25) is 0 Å². The van der Waals surface area contributed by atoms with Crippen molar-refractivity contribution in [3.63, 3.8) is 0 Å². The lowest BCUT2D eigenvalue weighted by Crippen LogP contribution is -2.56. The molecule has 1 N–H and O–H groups in total. The Kier molecular flexibility index (Phi) is 9.08. The number of amides is 1. The maximum absolute atomic E-state index is 13.4. The lowest BCUT2D eigenvalue weighted by molar-refractivity contribution is -0.143. The summed E-state index contributed by atoms with van der Waals surface area (Å²) in [6, 6.07) is 5.82. The van der Waals surface area contributed by atoms with E-state index in [2.05, 4.69) is 0 Å². The number of piperazine rings is 1. The molecule has 13 heteroatoms. The molecule has 1 heterocycles. The molecule has 2 aromatic carbocycles. The average molecular weight is 581 g/mol. The summed E-state index contributed by atoms with van der Waals surface area (Å²) in [5.41, 5.74) is -2.62. The molecule has 0 radical (unpaired) electrons. The van der Waals surface area contributed by atoms with Crippen LogP contribution < -0.4 is 0 Å². The highest BCUT2D eigenvalue weighted by atomic mass is 32.2. The normalized spacial score (nSPS) is 18.3. The van der Waals surface area contributed by atoms with Crippen LogP contribution in [0.25, 0.3) is 0 Å². The van der Waals surface area contributed by atoms with Crippen molar-refractivity contribution in [2.75, 3.05) is 32.4 Å². The molecule has 0 bridgehead atoms. The van der Waals surface area contributed by atoms with Gasteiger partial charge in [0.05, 0.1) is 11.1 Å². The summed E-state index contributed by atoms with van der Waals surface area (Å²) in [4.78, 5) is 16.5. The summed E-state index contributed by atoms with van der Waals surface area (Å²) >= 11 is 0. The summed E-state index contributed by atoms with van der Waals surface area (Å²) in [7, 11) is -3.69. The first-order chi connectivity index (χ1) is 17.9. The van der Waals surface area contributed by atoms with Gasteiger partial charge >= 0.3 is 12.4 Å². The first kappa shape index (κ1) is 30.9. The highest BCUT2D eigenvalue weighted by Crippen LogP contribution is 2.37. The number of aliphatic hydroxyl groups excluding tert-OH is 1. The summed E-state index contributed by atoms with van der Waals surface area (Å²) in [6.45, 7) is 4.33. The molecule has 1 saturated heterocycles. The van der Waals surface area contributed by atoms with Gasteiger partial charge in [-0.1, -0.05) is 18.2 Å². The van der Waals surface area contributed by atoms with Crippen LogP contribution in [0.5, 0.6) is 0 Å². The maximum Gasteiger partial charge on any atom is 0.416 e. The van der Waals surface area contributed by atoms with Crippen LogP contribution in [0.15, 0.2) is 36.4 Å². The van der Waals surface area contributed by atoms with Crippen molar-refractivity contribution >= 4 is 15.7 Å². The molecule has 6 nitrogen and oxygen atoms in total. The number of halogens is 6. The largest absolute Gasteiger partial charge is 0.416 e. The highest BCUT2D eigenvalue weighted by Gasteiger charge is 2.39. The molecule has 1 unspecified atom stereocenters. The molecule has 216 valence electrons. The molecular weight excluding hydrogens is 550 g/mol. The molecule has 2 atom stereocenters. The molecular formula is C26H30F6N2O4S. The highest BCUT2D eigenvalue weighted by molar-refractivity contribution is 7.91. The second-order valence-electron chi connectivity index (χ2n) is 9.94. The number of carbonyl (C=O) groups excluding carboxylic acids is 1. The van der Waals surface area contributed by atoms with Gasteiger partial charge in [-0.3, -0.25) is 9.69 Å². The smallest absolute Gasteiger partial charge is 0.377 e. The zero-order chi connectivity index (χ0) is 29.3. The van der Waals surface area contributed by atoms with Gasteiger partial charge in [0, 0.05) is 50.5 Å². The van der Waals surface area contributed by atoms with Crippen LogP contribution in [-0.4, -0.2) is 73.1 Å². The van der Waals surface area contributed by atoms with Gasteiger partial charge < -0.3 is 10.0 Å². The van der Waals surface area contributed by atoms with Crippen molar-refractivity contribution in [2.45, 2.75) is 50.5 Å². The molecule has 0 aromatic heterocycles. The third kappa shape index (κ3) is 7.95. The Balaban J connectivity index is 1.94. The standard InChI is InChI=1S/C26H30F6N2O4S/c1-16-4-5-18(10-17(16)2)11-22-15-33(7-6-23(35)39(3,37)38)8-9-34(22)24(36)19-12-20(25(27,28)29)14-21(13-19)26(30,31)32/h4-5,10,12-14,22-23,35H,6-9,11,15H2,1-3H3/t22-,23?/m1/s1. The van der Waals surface area contributed by atoms with Crippen molar-refractivity contribution in [1.82, 2.24) is 9.80 Å². The summed E-state index contributed by atoms with van der Waals surface area (Å²) in [5.74, 6) is -0.962. The van der Waals surface area contributed by atoms with Crippen molar-refractivity contribution in [3.05, 3.63) is 69.8 Å². The SMILES string of the molecule is Cc1ccc(C[C@@H]2CN(CCC(O)S(C)(=O)=O)CCN2C(=O)c2cc(C(F)(F)F)cc(C(F)(F)F)c2)cc1C. The second-order valence-corrected chi connectivity index (χ2v) is 12.1. The topological polar surface area (TPSA) is 77.9 Å². The lowest BCUT2D eigenvalue weighted by atomic mass is 9.97. The average Bonchev–Trinajstić information content (AvgIpc) is 2.82. The van der Waals surface area contributed by atoms with Gasteiger partial charge in [0.15, 0.2) is 15.3 Å². The van der Waals surface area contributed by atoms with E-state index in [0.29, 0.717) is 12.1 Å². The zero-order valence-corrected chi connectivity index (χ0v) is 22.4. The molecule has 39 heavy (non-hydrogen) atoms. The van der Waals surface area contributed by atoms with E-state index in [9.17, 15) is 44.7 Å². The number of sulfone groups is 1. The summed E-state index contributed by atoms with van der Waals surface area (Å²) in [5, 5.41) is 9.88. The van der Waals surface area contributed by atoms with E-state index >= 15 is 0 Å². The van der Waals surface area contributed by atoms with Crippen molar-refractivity contribution in [2.24, 2.45) is 0 Å². The third-order valence-electron chi connectivity index (χ3n) is 6.89. The Hall–Kier alpha value is -2.64. The van der Waals surface area contributed by atoms with Gasteiger partial charge in [-0.25, -0.2) is 8.42 Å². The number of carbonyl (C=O) groups is 1. The summed E-state index contributed by atoms with van der Waals surface area (Å²) in [6.07, 6.45) is -9.10. The van der Waals surface area contributed by atoms with E-state index < -0.39 is 56.3 Å². The monoisotopic (exact) mass is 580 g/mol. The molecule has 1 amide bonds. The number of aryl methyl sites for hydroxylation is 2. The third-order valence-corrected chi connectivity index (χ3v) is 8.12. The first-order valence-corrected chi connectivity index (χ1v) is 14.1. The second kappa shape index (κ2) is 11.5. The number of benzene rings is 2. The van der Waals surface area contributed by atoms with Crippen molar-refractivity contribution < 1.29 is 44.7 Å². The minimum absolute atomic E-state index is 0.0130. The van der Waals surface area contributed by atoms with E-state index in [4.69, 9.17) is 0 Å². The molecule has 1 fully saturated rings. The molecule has 1 aliphatic heterocycles. The lowest BCUT2D eigenvalue weighted by Gasteiger charge is -2.42. The van der Waals surface area contributed by atoms with Gasteiger partial charge in [0.25, 0.3) is 5.91 Å². The molecule has 1 aliphatic rings. The number of aliphatic hydroxyl groups is 1. The predicted molar refractivity (Wildman–Crippen MR) is 133 cm³/mol. The Bertz CT molecular complexity index is 1280. The van der Waals surface area contributed by atoms with E-state index in [1.54, 1.807) is 0 Å². The number of hydrogen-bond donors (Lipinski definition) is 1. The van der Waals surface area contributed by atoms with Crippen LogP contribution in [0.1, 0.15) is 44.6 Å². The molecule has 2 aromatic rings. The summed E-state index contributed by atoms with van der Waals surface area (Å²) < 4.78 is 104. The van der Waals surface area contributed by atoms with E-state index in [-0.39, 0.29) is 45.1 Å². The Morgan fingerprint density at radius 2 is 1.56 bits per heavy atom. The Morgan fingerprint density at radius 1 is 0.974 bits per heavy atom. The molecule has 0 aliphatic carbocycles. The van der Waals surface area contributed by atoms with Gasteiger partial charge in [0.2, 0.25) is 0 Å². The Labute approximate surface area is 223 Å². The first-order valence-electron chi connectivity index (χ1n) is 12.1. The van der Waals surface area contributed by atoms with Crippen molar-refractivity contribution in [1.29, 1.82) is 0 Å².